The summed E-state index contributed by atoms with van der Waals surface area (Å²) < 4.78 is 5.09. The number of nitrogens with zero attached hydrogens (tertiary/aromatic N) is 1. The first-order chi connectivity index (χ1) is 8.70. The van der Waals surface area contributed by atoms with Crippen molar-refractivity contribution in [1.29, 1.82) is 0 Å². The van der Waals surface area contributed by atoms with Crippen molar-refractivity contribution in [3.63, 3.8) is 0 Å². The molecule has 0 fully saturated rings. The molecule has 94 valence electrons. The van der Waals surface area contributed by atoms with Crippen molar-refractivity contribution in [2.45, 2.75) is 5.92 Å². The number of thiophene rings is 1. The Bertz CT molecular complexity index is 508. The van der Waals surface area contributed by atoms with Crippen molar-refractivity contribution >= 4 is 11.3 Å². The predicted molar refractivity (Wildman–Crippen MR) is 71.0 cm³/mol. The van der Waals surface area contributed by atoms with Crippen LogP contribution in [-0.4, -0.2) is 18.6 Å². The summed E-state index contributed by atoms with van der Waals surface area (Å²) in [5.41, 5.74) is 0.940. The Morgan fingerprint density at radius 1 is 1.33 bits per heavy atom. The lowest BCUT2D eigenvalue weighted by Crippen LogP contribution is -2.12. The van der Waals surface area contributed by atoms with Crippen LogP contribution in [0.1, 0.15) is 16.4 Å². The summed E-state index contributed by atoms with van der Waals surface area (Å²) in [6.07, 6.45) is 0. The van der Waals surface area contributed by atoms with E-state index < -0.39 is 0 Å². The molecule has 5 heteroatoms. The van der Waals surface area contributed by atoms with Gasteiger partial charge in [-0.3, -0.25) is 10.1 Å². The predicted octanol–water partition coefficient (Wildman–Crippen LogP) is 3.17. The number of benzene rings is 1. The summed E-state index contributed by atoms with van der Waals surface area (Å²) in [7, 11) is 1.60. The molecule has 0 unspecified atom stereocenters. The van der Waals surface area contributed by atoms with Gasteiger partial charge in [-0.05, 0) is 29.1 Å². The normalized spacial score (nSPS) is 12.1. The van der Waals surface area contributed by atoms with Gasteiger partial charge in [-0.25, -0.2) is 0 Å². The van der Waals surface area contributed by atoms with Gasteiger partial charge in [0, 0.05) is 9.80 Å². The first-order valence-electron chi connectivity index (χ1n) is 5.50. The van der Waals surface area contributed by atoms with Crippen LogP contribution >= 0.6 is 11.3 Å². The fourth-order valence-electron chi connectivity index (χ4n) is 1.83. The second-order valence-corrected chi connectivity index (χ2v) is 4.84. The van der Waals surface area contributed by atoms with Gasteiger partial charge in [0.25, 0.3) is 0 Å². The third-order valence-corrected chi connectivity index (χ3v) is 3.72. The molecule has 0 radical (unpaired) electrons. The molecule has 1 atom stereocenters. The van der Waals surface area contributed by atoms with Crippen molar-refractivity contribution in [1.82, 2.24) is 0 Å². The molecular weight excluding hydrogens is 250 g/mol. The maximum Gasteiger partial charge on any atom is 0.215 e. The number of hydrogen-bond acceptors (Lipinski definition) is 4. The van der Waals surface area contributed by atoms with Gasteiger partial charge in [0.15, 0.2) is 0 Å². The van der Waals surface area contributed by atoms with Crippen LogP contribution in [0.2, 0.25) is 0 Å². The first kappa shape index (κ1) is 12.6. The Hall–Kier alpha value is -1.88. The van der Waals surface area contributed by atoms with E-state index >= 15 is 0 Å². The third kappa shape index (κ3) is 2.87. The number of ether oxygens (including phenoxy) is 1. The molecule has 0 saturated heterocycles. The topological polar surface area (TPSA) is 52.4 Å². The van der Waals surface area contributed by atoms with Crippen LogP contribution in [0, 0.1) is 10.1 Å². The van der Waals surface area contributed by atoms with Crippen LogP contribution in [-0.2, 0) is 0 Å². The molecule has 2 rings (SSSR count). The molecule has 4 nitrogen and oxygen atoms in total. The Balaban J connectivity index is 2.30. The molecule has 1 heterocycles. The van der Waals surface area contributed by atoms with Crippen LogP contribution in [0.15, 0.2) is 41.8 Å². The molecule has 0 aliphatic rings. The van der Waals surface area contributed by atoms with Gasteiger partial charge >= 0.3 is 0 Å². The molecule has 0 N–H and O–H groups in total. The summed E-state index contributed by atoms with van der Waals surface area (Å²) in [5.74, 6) is 0.565. The van der Waals surface area contributed by atoms with Gasteiger partial charge in [-0.1, -0.05) is 18.2 Å². The average molecular weight is 263 g/mol. The van der Waals surface area contributed by atoms with E-state index in [1.54, 1.807) is 18.4 Å². The summed E-state index contributed by atoms with van der Waals surface area (Å²) in [4.78, 5) is 11.5. The quantitative estimate of drug-likeness (QED) is 0.615. The van der Waals surface area contributed by atoms with E-state index in [0.717, 1.165) is 16.2 Å². The van der Waals surface area contributed by atoms with Gasteiger partial charge < -0.3 is 4.74 Å². The number of methoxy groups -OCH3 is 1. The van der Waals surface area contributed by atoms with E-state index in [-0.39, 0.29) is 17.4 Å². The van der Waals surface area contributed by atoms with Crippen LogP contribution < -0.4 is 4.74 Å². The van der Waals surface area contributed by atoms with Gasteiger partial charge in [-0.15, -0.1) is 11.3 Å². The van der Waals surface area contributed by atoms with Gasteiger partial charge in [0.1, 0.15) is 5.75 Å². The minimum atomic E-state index is -0.269. The summed E-state index contributed by atoms with van der Waals surface area (Å²) in [6.45, 7) is -0.0904. The molecule has 0 spiro atoms. The molecule has 0 amide bonds. The lowest BCUT2D eigenvalue weighted by atomic mass is 9.97. The number of hydrogen-bond donors (Lipinski definition) is 0. The summed E-state index contributed by atoms with van der Waals surface area (Å²) >= 11 is 1.54. The Kier molecular flexibility index (Phi) is 3.94. The zero-order chi connectivity index (χ0) is 13.0. The molecule has 1 aromatic heterocycles. The SMILES string of the molecule is COc1ccc([C@@H](C[N+](=O)[O-])c2cccs2)cc1. The molecule has 0 bridgehead atoms. The maximum atomic E-state index is 10.8. The van der Waals surface area contributed by atoms with E-state index in [9.17, 15) is 10.1 Å². The van der Waals surface area contributed by atoms with Crippen molar-refractivity contribution in [2.75, 3.05) is 13.7 Å². The molecule has 0 aliphatic carbocycles. The van der Waals surface area contributed by atoms with Crippen molar-refractivity contribution in [3.8, 4) is 5.75 Å². The monoisotopic (exact) mass is 263 g/mol. The number of nitro groups is 1. The van der Waals surface area contributed by atoms with Crippen molar-refractivity contribution in [2.24, 2.45) is 0 Å². The molecule has 1 aromatic carbocycles. The van der Waals surface area contributed by atoms with Crippen molar-refractivity contribution in [3.05, 3.63) is 62.3 Å². The molecular formula is C13H13NO3S. The first-order valence-corrected chi connectivity index (χ1v) is 6.38. The lowest BCUT2D eigenvalue weighted by Gasteiger charge is -2.12. The van der Waals surface area contributed by atoms with Crippen LogP contribution in [0.4, 0.5) is 0 Å². The Labute approximate surface area is 109 Å². The summed E-state index contributed by atoms with van der Waals surface area (Å²) in [6, 6.07) is 11.3. The average Bonchev–Trinajstić information content (AvgIpc) is 2.89. The number of rotatable bonds is 5. The summed E-state index contributed by atoms with van der Waals surface area (Å²) in [5, 5.41) is 12.7. The zero-order valence-electron chi connectivity index (χ0n) is 9.91. The molecule has 2 aromatic rings. The smallest absolute Gasteiger partial charge is 0.215 e. The Morgan fingerprint density at radius 3 is 2.56 bits per heavy atom. The molecule has 18 heavy (non-hydrogen) atoms. The van der Waals surface area contributed by atoms with E-state index in [4.69, 9.17) is 4.74 Å². The van der Waals surface area contributed by atoms with E-state index in [0.29, 0.717) is 0 Å². The van der Waals surface area contributed by atoms with Crippen LogP contribution in [0.3, 0.4) is 0 Å². The van der Waals surface area contributed by atoms with Gasteiger partial charge in [0.2, 0.25) is 6.54 Å². The standard InChI is InChI=1S/C13H13NO3S/c1-17-11-6-4-10(5-7-11)12(9-14(15)16)13-3-2-8-18-13/h2-8,12H,9H2,1H3/t12-/m1/s1. The lowest BCUT2D eigenvalue weighted by molar-refractivity contribution is -0.481. The fourth-order valence-corrected chi connectivity index (χ4v) is 2.68. The van der Waals surface area contributed by atoms with Gasteiger partial charge in [-0.2, -0.15) is 0 Å². The third-order valence-electron chi connectivity index (χ3n) is 2.74. The fraction of sp³-hybridized carbons (Fsp3) is 0.231. The van der Waals surface area contributed by atoms with Crippen molar-refractivity contribution < 1.29 is 9.66 Å². The second-order valence-electron chi connectivity index (χ2n) is 3.86. The second kappa shape index (κ2) is 5.64. The Morgan fingerprint density at radius 2 is 2.06 bits per heavy atom. The molecule has 0 aliphatic heterocycles. The molecule has 0 saturated carbocycles. The largest absolute Gasteiger partial charge is 0.497 e. The highest BCUT2D eigenvalue weighted by Gasteiger charge is 2.20. The van der Waals surface area contributed by atoms with E-state index in [2.05, 4.69) is 0 Å². The highest BCUT2D eigenvalue weighted by atomic mass is 32.1. The van der Waals surface area contributed by atoms with Crippen LogP contribution in [0.5, 0.6) is 5.75 Å². The van der Waals surface area contributed by atoms with E-state index in [1.165, 1.54) is 0 Å². The zero-order valence-corrected chi connectivity index (χ0v) is 10.7. The minimum Gasteiger partial charge on any atom is -0.497 e. The van der Waals surface area contributed by atoms with E-state index in [1.807, 2.05) is 41.8 Å². The van der Waals surface area contributed by atoms with Gasteiger partial charge in [0.05, 0.1) is 13.0 Å². The highest BCUT2D eigenvalue weighted by Crippen LogP contribution is 2.29. The minimum absolute atomic E-state index is 0.0904. The highest BCUT2D eigenvalue weighted by molar-refractivity contribution is 7.10. The maximum absolute atomic E-state index is 10.8. The van der Waals surface area contributed by atoms with Crippen LogP contribution in [0.25, 0.3) is 0 Å².